The van der Waals surface area contributed by atoms with Crippen LogP contribution in [0.1, 0.15) is 10.4 Å². The van der Waals surface area contributed by atoms with Gasteiger partial charge >= 0.3 is 0 Å². The van der Waals surface area contributed by atoms with Gasteiger partial charge in [-0.05, 0) is 32.3 Å². The molecular formula is C19H17Cl2N3O3S. The van der Waals surface area contributed by atoms with Crippen LogP contribution < -0.4 is 14.4 Å². The van der Waals surface area contributed by atoms with Crippen LogP contribution in [-0.4, -0.2) is 49.8 Å². The van der Waals surface area contributed by atoms with E-state index in [4.69, 9.17) is 32.7 Å². The Morgan fingerprint density at radius 2 is 1.89 bits per heavy atom. The second-order valence-electron chi connectivity index (χ2n) is 6.55. The molecule has 2 heterocycles. The lowest BCUT2D eigenvalue weighted by atomic mass is 10.2. The highest BCUT2D eigenvalue weighted by molar-refractivity contribution is 7.22. The van der Waals surface area contributed by atoms with E-state index in [2.05, 4.69) is 4.98 Å². The number of nitrogens with zero attached hydrogens (tertiary/aromatic N) is 3. The van der Waals surface area contributed by atoms with Gasteiger partial charge in [0.1, 0.15) is 0 Å². The van der Waals surface area contributed by atoms with Crippen molar-refractivity contribution in [2.45, 2.75) is 0 Å². The Hall–Kier alpha value is -2.06. The summed E-state index contributed by atoms with van der Waals surface area (Å²) >= 11 is 13.7. The normalized spacial score (nSPS) is 12.8. The molecule has 28 heavy (non-hydrogen) atoms. The number of hydrogen-bond donors (Lipinski definition) is 0. The van der Waals surface area contributed by atoms with Crippen LogP contribution in [0.2, 0.25) is 10.0 Å². The summed E-state index contributed by atoms with van der Waals surface area (Å²) in [7, 11) is 3.91. The number of aromatic nitrogens is 1. The number of hydrogen-bond acceptors (Lipinski definition) is 6. The third-order valence-electron chi connectivity index (χ3n) is 4.28. The van der Waals surface area contributed by atoms with Gasteiger partial charge in [-0.15, -0.1) is 0 Å². The van der Waals surface area contributed by atoms with Crippen molar-refractivity contribution in [3.63, 3.8) is 0 Å². The Balaban J connectivity index is 1.73. The van der Waals surface area contributed by atoms with E-state index in [1.807, 2.05) is 31.1 Å². The summed E-state index contributed by atoms with van der Waals surface area (Å²) in [5.41, 5.74) is 1.15. The van der Waals surface area contributed by atoms with Crippen LogP contribution in [-0.2, 0) is 0 Å². The van der Waals surface area contributed by atoms with E-state index >= 15 is 0 Å². The summed E-state index contributed by atoms with van der Waals surface area (Å²) in [5, 5.41) is 1.39. The first-order chi connectivity index (χ1) is 13.4. The number of rotatable bonds is 5. The predicted octanol–water partition coefficient (Wildman–Crippen LogP) is 4.54. The lowest BCUT2D eigenvalue weighted by Gasteiger charge is -2.22. The molecule has 4 rings (SSSR count). The van der Waals surface area contributed by atoms with Gasteiger partial charge in [0.25, 0.3) is 5.91 Å². The number of benzene rings is 2. The Kier molecular flexibility index (Phi) is 5.33. The van der Waals surface area contributed by atoms with Crippen LogP contribution in [0.4, 0.5) is 5.13 Å². The Labute approximate surface area is 176 Å². The summed E-state index contributed by atoms with van der Waals surface area (Å²) < 4.78 is 11.8. The summed E-state index contributed by atoms with van der Waals surface area (Å²) in [5.74, 6) is 1.13. The van der Waals surface area contributed by atoms with E-state index < -0.39 is 0 Å². The zero-order chi connectivity index (χ0) is 19.8. The molecule has 0 atom stereocenters. The average Bonchev–Trinajstić information content (AvgIpc) is 3.24. The number of carbonyl (C=O) groups excluding carboxylic acids is 1. The van der Waals surface area contributed by atoms with Gasteiger partial charge in [-0.3, -0.25) is 9.69 Å². The van der Waals surface area contributed by atoms with E-state index in [1.165, 1.54) is 11.3 Å². The molecule has 146 valence electrons. The maximum Gasteiger partial charge on any atom is 0.261 e. The molecule has 1 amide bonds. The number of anilines is 1. The summed E-state index contributed by atoms with van der Waals surface area (Å²) in [6.45, 7) is 1.36. The molecule has 0 N–H and O–H groups in total. The largest absolute Gasteiger partial charge is 0.454 e. The van der Waals surface area contributed by atoms with Crippen LogP contribution in [0.15, 0.2) is 30.3 Å². The molecular weight excluding hydrogens is 421 g/mol. The summed E-state index contributed by atoms with van der Waals surface area (Å²) in [6, 6.07) is 8.59. The topological polar surface area (TPSA) is 54.9 Å². The number of thiazole rings is 1. The maximum absolute atomic E-state index is 13.3. The molecule has 1 aromatic heterocycles. The molecule has 0 saturated heterocycles. The SMILES string of the molecule is CN(C)CCN(C(=O)c1ccc(Cl)cc1Cl)c1nc2cc3c(cc2s1)OCO3. The molecule has 1 aliphatic heterocycles. The highest BCUT2D eigenvalue weighted by Crippen LogP contribution is 2.40. The zero-order valence-electron chi connectivity index (χ0n) is 15.2. The first kappa shape index (κ1) is 19.3. The Morgan fingerprint density at radius 3 is 2.61 bits per heavy atom. The molecule has 0 saturated carbocycles. The van der Waals surface area contributed by atoms with Crippen LogP contribution >= 0.6 is 34.5 Å². The van der Waals surface area contributed by atoms with Gasteiger partial charge in [0, 0.05) is 30.2 Å². The van der Waals surface area contributed by atoms with Crippen molar-refractivity contribution in [1.29, 1.82) is 0 Å². The van der Waals surface area contributed by atoms with E-state index in [9.17, 15) is 4.79 Å². The number of ether oxygens (including phenoxy) is 2. The van der Waals surface area contributed by atoms with Gasteiger partial charge in [0.05, 0.1) is 20.8 Å². The molecule has 0 spiro atoms. The molecule has 6 nitrogen and oxygen atoms in total. The Bertz CT molecular complexity index is 1010. The first-order valence-electron chi connectivity index (χ1n) is 8.54. The van der Waals surface area contributed by atoms with Gasteiger partial charge in [0.2, 0.25) is 6.79 Å². The highest BCUT2D eigenvalue weighted by Gasteiger charge is 2.24. The van der Waals surface area contributed by atoms with Crippen LogP contribution in [0.25, 0.3) is 10.2 Å². The van der Waals surface area contributed by atoms with E-state index in [1.54, 1.807) is 23.1 Å². The van der Waals surface area contributed by atoms with Crippen molar-refractivity contribution < 1.29 is 14.3 Å². The fraction of sp³-hybridized carbons (Fsp3) is 0.263. The highest BCUT2D eigenvalue weighted by atomic mass is 35.5. The van der Waals surface area contributed by atoms with Crippen LogP contribution in [0.5, 0.6) is 11.5 Å². The molecule has 0 aliphatic carbocycles. The van der Waals surface area contributed by atoms with Crippen molar-refractivity contribution in [3.8, 4) is 11.5 Å². The molecule has 1 aliphatic rings. The quantitative estimate of drug-likeness (QED) is 0.586. The van der Waals surface area contributed by atoms with Gasteiger partial charge < -0.3 is 14.4 Å². The van der Waals surface area contributed by atoms with Crippen LogP contribution in [0.3, 0.4) is 0 Å². The van der Waals surface area contributed by atoms with Gasteiger partial charge in [-0.1, -0.05) is 34.5 Å². The van der Waals surface area contributed by atoms with E-state index in [0.717, 1.165) is 10.2 Å². The maximum atomic E-state index is 13.3. The minimum absolute atomic E-state index is 0.210. The number of fused-ring (bicyclic) bond motifs is 2. The number of likely N-dealkylation sites (N-methyl/N-ethyl adjacent to an activating group) is 1. The Morgan fingerprint density at radius 1 is 1.14 bits per heavy atom. The standard InChI is InChI=1S/C19H17Cl2N3O3S/c1-23(2)5-6-24(18(25)12-4-3-11(20)7-13(12)21)19-22-14-8-15-16(27-10-26-15)9-17(14)28-19/h3-4,7-9H,5-6,10H2,1-2H3. The molecule has 0 radical (unpaired) electrons. The smallest absolute Gasteiger partial charge is 0.261 e. The summed E-state index contributed by atoms with van der Waals surface area (Å²) in [4.78, 5) is 21.6. The molecule has 0 bridgehead atoms. The fourth-order valence-corrected chi connectivity index (χ4v) is 4.30. The molecule has 3 aromatic rings. The van der Waals surface area contributed by atoms with E-state index in [-0.39, 0.29) is 12.7 Å². The van der Waals surface area contributed by atoms with E-state index in [0.29, 0.717) is 45.3 Å². The van der Waals surface area contributed by atoms with Gasteiger partial charge in [-0.25, -0.2) is 4.98 Å². The predicted molar refractivity (Wildman–Crippen MR) is 112 cm³/mol. The van der Waals surface area contributed by atoms with Crippen molar-refractivity contribution in [1.82, 2.24) is 9.88 Å². The van der Waals surface area contributed by atoms with Crippen molar-refractivity contribution in [2.24, 2.45) is 0 Å². The number of carbonyl (C=O) groups is 1. The van der Waals surface area contributed by atoms with Crippen molar-refractivity contribution in [2.75, 3.05) is 38.9 Å². The summed E-state index contributed by atoms with van der Waals surface area (Å²) in [6.07, 6.45) is 0. The van der Waals surface area contributed by atoms with Crippen LogP contribution in [0, 0.1) is 0 Å². The second-order valence-corrected chi connectivity index (χ2v) is 8.41. The van der Waals surface area contributed by atoms with Gasteiger partial charge in [-0.2, -0.15) is 0 Å². The third kappa shape index (κ3) is 3.75. The first-order valence-corrected chi connectivity index (χ1v) is 10.1. The third-order valence-corrected chi connectivity index (χ3v) is 5.87. The molecule has 0 fully saturated rings. The van der Waals surface area contributed by atoms with Crippen molar-refractivity contribution in [3.05, 3.63) is 45.9 Å². The minimum Gasteiger partial charge on any atom is -0.454 e. The number of amides is 1. The average molecular weight is 438 g/mol. The fourth-order valence-electron chi connectivity index (χ4n) is 2.81. The second kappa shape index (κ2) is 7.75. The number of halogens is 2. The zero-order valence-corrected chi connectivity index (χ0v) is 17.6. The van der Waals surface area contributed by atoms with Gasteiger partial charge in [0.15, 0.2) is 16.6 Å². The molecule has 9 heteroatoms. The molecule has 2 aromatic carbocycles. The van der Waals surface area contributed by atoms with Crippen molar-refractivity contribution >= 4 is 55.8 Å². The molecule has 0 unspecified atom stereocenters. The minimum atomic E-state index is -0.220. The lowest BCUT2D eigenvalue weighted by molar-refractivity contribution is 0.0985. The monoisotopic (exact) mass is 437 g/mol. The lowest BCUT2D eigenvalue weighted by Crippen LogP contribution is -2.36.